The molecular weight excluding hydrogens is 258 g/mol. The average molecular weight is 279 g/mol. The van der Waals surface area contributed by atoms with E-state index in [4.69, 9.17) is 0 Å². The second kappa shape index (κ2) is 5.99. The molecule has 6 nitrogen and oxygen atoms in total. The number of rotatable bonds is 6. The molecule has 1 rings (SSSR count). The fraction of sp³-hybridized carbons (Fsp3) is 0.909. The Morgan fingerprint density at radius 1 is 1.39 bits per heavy atom. The summed E-state index contributed by atoms with van der Waals surface area (Å²) in [5, 5.41) is 21.0. The molecule has 0 aromatic rings. The summed E-state index contributed by atoms with van der Waals surface area (Å²) in [4.78, 5) is 11.8. The van der Waals surface area contributed by atoms with Crippen LogP contribution in [-0.2, 0) is 14.6 Å². The van der Waals surface area contributed by atoms with Crippen LogP contribution in [0.15, 0.2) is 0 Å². The van der Waals surface area contributed by atoms with Gasteiger partial charge in [-0.15, -0.1) is 0 Å². The smallest absolute Gasteiger partial charge is 0.220 e. The van der Waals surface area contributed by atoms with Crippen LogP contribution in [0.3, 0.4) is 0 Å². The van der Waals surface area contributed by atoms with Crippen LogP contribution in [0.25, 0.3) is 0 Å². The summed E-state index contributed by atoms with van der Waals surface area (Å²) in [5.41, 5.74) is -1.01. The Balaban J connectivity index is 2.52. The quantitative estimate of drug-likeness (QED) is 0.582. The Morgan fingerprint density at radius 3 is 2.39 bits per heavy atom. The molecule has 7 heteroatoms. The lowest BCUT2D eigenvalue weighted by atomic mass is 9.97. The number of sulfone groups is 1. The van der Waals surface area contributed by atoms with Crippen LogP contribution in [0.4, 0.5) is 0 Å². The van der Waals surface area contributed by atoms with E-state index in [2.05, 4.69) is 5.32 Å². The van der Waals surface area contributed by atoms with Gasteiger partial charge in [-0.3, -0.25) is 4.79 Å². The van der Waals surface area contributed by atoms with Gasteiger partial charge < -0.3 is 15.5 Å². The first-order chi connectivity index (χ1) is 8.36. The Kier molecular flexibility index (Phi) is 5.12. The number of amides is 1. The SMILES string of the molecule is CCC(CO)(CO)NC(=O)CC1CCS(=O)(=O)C1. The zero-order valence-corrected chi connectivity index (χ0v) is 11.4. The van der Waals surface area contributed by atoms with Crippen LogP contribution < -0.4 is 5.32 Å². The second-order valence-corrected chi connectivity index (χ2v) is 7.20. The van der Waals surface area contributed by atoms with Crippen molar-refractivity contribution < 1.29 is 23.4 Å². The number of aliphatic hydroxyl groups is 2. The van der Waals surface area contributed by atoms with Gasteiger partial charge >= 0.3 is 0 Å². The van der Waals surface area contributed by atoms with Crippen molar-refractivity contribution in [3.8, 4) is 0 Å². The monoisotopic (exact) mass is 279 g/mol. The molecule has 106 valence electrons. The molecular formula is C11H21NO5S. The van der Waals surface area contributed by atoms with E-state index >= 15 is 0 Å². The summed E-state index contributed by atoms with van der Waals surface area (Å²) in [6, 6.07) is 0. The number of nitrogens with one attached hydrogen (secondary N) is 1. The molecule has 0 radical (unpaired) electrons. The molecule has 0 spiro atoms. The van der Waals surface area contributed by atoms with Crippen LogP contribution in [0, 0.1) is 5.92 Å². The first kappa shape index (κ1) is 15.4. The molecule has 1 saturated heterocycles. The van der Waals surface area contributed by atoms with E-state index < -0.39 is 15.4 Å². The topological polar surface area (TPSA) is 104 Å². The third-order valence-corrected chi connectivity index (χ3v) is 5.32. The second-order valence-electron chi connectivity index (χ2n) is 4.97. The molecule has 0 aliphatic carbocycles. The van der Waals surface area contributed by atoms with E-state index in [1.807, 2.05) is 0 Å². The van der Waals surface area contributed by atoms with Crippen LogP contribution in [-0.4, -0.2) is 54.8 Å². The minimum absolute atomic E-state index is 0.0534. The third kappa shape index (κ3) is 3.93. The van der Waals surface area contributed by atoms with E-state index in [-0.39, 0.29) is 43.0 Å². The normalized spacial score (nSPS) is 22.9. The summed E-state index contributed by atoms with van der Waals surface area (Å²) >= 11 is 0. The standard InChI is InChI=1S/C11H21NO5S/c1-2-11(7-13,8-14)12-10(15)5-9-3-4-18(16,17)6-9/h9,13-14H,2-8H2,1H3,(H,12,15). The molecule has 1 atom stereocenters. The Labute approximate surface area is 107 Å². The van der Waals surface area contributed by atoms with Gasteiger partial charge in [-0.25, -0.2) is 8.42 Å². The molecule has 1 aliphatic rings. The first-order valence-corrected chi connectivity index (χ1v) is 7.91. The Bertz CT molecular complexity index is 380. The van der Waals surface area contributed by atoms with E-state index in [1.54, 1.807) is 6.92 Å². The van der Waals surface area contributed by atoms with Crippen LogP contribution in [0.2, 0.25) is 0 Å². The highest BCUT2D eigenvalue weighted by Crippen LogP contribution is 2.22. The maximum atomic E-state index is 11.8. The van der Waals surface area contributed by atoms with Crippen molar-refractivity contribution in [2.45, 2.75) is 31.7 Å². The van der Waals surface area contributed by atoms with Gasteiger partial charge in [0.1, 0.15) is 0 Å². The largest absolute Gasteiger partial charge is 0.394 e. The fourth-order valence-corrected chi connectivity index (χ4v) is 3.94. The summed E-state index contributed by atoms with van der Waals surface area (Å²) in [7, 11) is -2.98. The number of hydrogen-bond donors (Lipinski definition) is 3. The average Bonchev–Trinajstić information content (AvgIpc) is 2.65. The molecule has 1 amide bonds. The lowest BCUT2D eigenvalue weighted by Crippen LogP contribution is -2.54. The van der Waals surface area contributed by atoms with E-state index in [1.165, 1.54) is 0 Å². The van der Waals surface area contributed by atoms with Crippen LogP contribution in [0.1, 0.15) is 26.2 Å². The highest BCUT2D eigenvalue weighted by molar-refractivity contribution is 7.91. The summed E-state index contributed by atoms with van der Waals surface area (Å²) in [6.07, 6.45) is 1.04. The molecule has 0 aromatic carbocycles. The molecule has 1 fully saturated rings. The Morgan fingerprint density at radius 2 is 2.00 bits per heavy atom. The molecule has 0 bridgehead atoms. The van der Waals surface area contributed by atoms with Crippen molar-refractivity contribution in [3.63, 3.8) is 0 Å². The van der Waals surface area contributed by atoms with Gasteiger partial charge in [-0.05, 0) is 18.8 Å². The van der Waals surface area contributed by atoms with Gasteiger partial charge in [-0.2, -0.15) is 0 Å². The summed E-state index contributed by atoms with van der Waals surface area (Å²) in [6.45, 7) is 1.08. The molecule has 18 heavy (non-hydrogen) atoms. The molecule has 3 N–H and O–H groups in total. The number of aliphatic hydroxyl groups excluding tert-OH is 2. The fourth-order valence-electron chi connectivity index (χ4n) is 2.08. The maximum absolute atomic E-state index is 11.8. The van der Waals surface area contributed by atoms with Gasteiger partial charge in [-0.1, -0.05) is 6.92 Å². The van der Waals surface area contributed by atoms with Gasteiger partial charge in [0.05, 0.1) is 30.3 Å². The zero-order valence-electron chi connectivity index (χ0n) is 10.6. The molecule has 0 saturated carbocycles. The van der Waals surface area contributed by atoms with Crippen molar-refractivity contribution in [1.82, 2.24) is 5.32 Å². The number of hydrogen-bond acceptors (Lipinski definition) is 5. The Hall–Kier alpha value is -0.660. The minimum atomic E-state index is -2.98. The molecule has 1 heterocycles. The van der Waals surface area contributed by atoms with Gasteiger partial charge in [0.2, 0.25) is 5.91 Å². The lowest BCUT2D eigenvalue weighted by Gasteiger charge is -2.30. The predicted molar refractivity (Wildman–Crippen MR) is 66.7 cm³/mol. The van der Waals surface area contributed by atoms with Crippen molar-refractivity contribution in [2.24, 2.45) is 5.92 Å². The number of carbonyl (C=O) groups excluding carboxylic acids is 1. The van der Waals surface area contributed by atoms with E-state index in [0.29, 0.717) is 12.8 Å². The van der Waals surface area contributed by atoms with Crippen molar-refractivity contribution in [2.75, 3.05) is 24.7 Å². The maximum Gasteiger partial charge on any atom is 0.220 e. The minimum Gasteiger partial charge on any atom is -0.394 e. The van der Waals surface area contributed by atoms with E-state index in [9.17, 15) is 23.4 Å². The highest BCUT2D eigenvalue weighted by atomic mass is 32.2. The predicted octanol–water partition coefficient (Wildman–Crippen LogP) is -0.939. The lowest BCUT2D eigenvalue weighted by molar-refractivity contribution is -0.125. The molecule has 1 aliphatic heterocycles. The van der Waals surface area contributed by atoms with Crippen molar-refractivity contribution in [3.05, 3.63) is 0 Å². The molecule has 1 unspecified atom stereocenters. The first-order valence-electron chi connectivity index (χ1n) is 6.09. The van der Waals surface area contributed by atoms with Gasteiger partial charge in [0.15, 0.2) is 9.84 Å². The van der Waals surface area contributed by atoms with E-state index in [0.717, 1.165) is 0 Å². The number of carbonyl (C=O) groups is 1. The van der Waals surface area contributed by atoms with Crippen LogP contribution in [0.5, 0.6) is 0 Å². The highest BCUT2D eigenvalue weighted by Gasteiger charge is 2.32. The van der Waals surface area contributed by atoms with Crippen molar-refractivity contribution >= 4 is 15.7 Å². The van der Waals surface area contributed by atoms with Gasteiger partial charge in [0.25, 0.3) is 0 Å². The van der Waals surface area contributed by atoms with Crippen molar-refractivity contribution in [1.29, 1.82) is 0 Å². The van der Waals surface area contributed by atoms with Crippen LogP contribution >= 0.6 is 0 Å². The van der Waals surface area contributed by atoms with Gasteiger partial charge in [0, 0.05) is 6.42 Å². The summed E-state index contributed by atoms with van der Waals surface area (Å²) < 4.78 is 22.5. The summed E-state index contributed by atoms with van der Waals surface area (Å²) in [5.74, 6) is -0.272. The molecule has 0 aromatic heterocycles. The third-order valence-electron chi connectivity index (χ3n) is 3.49. The zero-order chi connectivity index (χ0) is 13.8.